The van der Waals surface area contributed by atoms with Crippen LogP contribution >= 0.6 is 0 Å². The van der Waals surface area contributed by atoms with Gasteiger partial charge in [0, 0.05) is 48.8 Å². The van der Waals surface area contributed by atoms with Crippen LogP contribution in [0.2, 0.25) is 0 Å². The van der Waals surface area contributed by atoms with E-state index in [0.717, 1.165) is 35.0 Å². The van der Waals surface area contributed by atoms with Gasteiger partial charge in [0.05, 0.1) is 0 Å². The highest BCUT2D eigenvalue weighted by molar-refractivity contribution is 5.93. The number of aryl methyl sites for hydroxylation is 2. The molecule has 5 heterocycles. The molecule has 1 amide bonds. The van der Waals surface area contributed by atoms with Crippen LogP contribution < -0.4 is 4.90 Å². The van der Waals surface area contributed by atoms with E-state index in [1.54, 1.807) is 17.0 Å². The first-order valence-electron chi connectivity index (χ1n) is 10.7. The summed E-state index contributed by atoms with van der Waals surface area (Å²) in [6, 6.07) is 7.51. The first-order valence-corrected chi connectivity index (χ1v) is 10.7. The molecule has 2 aliphatic heterocycles. The fraction of sp³-hybridized carbons (Fsp3) is 0.409. The lowest BCUT2D eigenvalue weighted by atomic mass is 10.1. The summed E-state index contributed by atoms with van der Waals surface area (Å²) >= 11 is 0. The number of piperazine rings is 1. The molecule has 0 aliphatic carbocycles. The maximum absolute atomic E-state index is 13.4. The molecule has 0 spiro atoms. The minimum absolute atomic E-state index is 0.00204. The third-order valence-electron chi connectivity index (χ3n) is 6.06. The molecular formula is C22H22F3N7O. The van der Waals surface area contributed by atoms with Crippen molar-refractivity contribution in [2.24, 2.45) is 0 Å². The number of anilines is 1. The lowest BCUT2D eigenvalue weighted by Crippen LogP contribution is -2.56. The highest BCUT2D eigenvalue weighted by atomic mass is 19.4. The van der Waals surface area contributed by atoms with Gasteiger partial charge in [0.2, 0.25) is 5.95 Å². The normalized spacial score (nSPS) is 20.4. The van der Waals surface area contributed by atoms with E-state index in [0.29, 0.717) is 19.0 Å². The molecule has 2 atom stereocenters. The van der Waals surface area contributed by atoms with Crippen molar-refractivity contribution in [3.63, 3.8) is 0 Å². The fourth-order valence-electron chi connectivity index (χ4n) is 4.71. The van der Waals surface area contributed by atoms with E-state index in [2.05, 4.69) is 25.0 Å². The van der Waals surface area contributed by atoms with E-state index in [1.807, 2.05) is 19.9 Å². The largest absolute Gasteiger partial charge is 0.435 e. The zero-order valence-corrected chi connectivity index (χ0v) is 18.1. The molecule has 11 heteroatoms. The number of carbonyl (C=O) groups excluding carboxylic acids is 1. The van der Waals surface area contributed by atoms with Crippen LogP contribution in [0.15, 0.2) is 36.5 Å². The predicted octanol–water partition coefficient (Wildman–Crippen LogP) is 3.19. The Hall–Kier alpha value is -3.50. The number of carbonyl (C=O) groups is 1. The van der Waals surface area contributed by atoms with Crippen LogP contribution in [0.25, 0.3) is 5.82 Å². The zero-order valence-electron chi connectivity index (χ0n) is 18.1. The van der Waals surface area contributed by atoms with Gasteiger partial charge in [0.1, 0.15) is 5.69 Å². The standard InChI is InChI=1S/C22H22F3N7O/c1-13-9-14(2)28-21(27-13)31-15-6-7-16(31)12-30(11-15)20(33)17-10-18(22(23,24)25)29-32(17)19-5-3-4-8-26-19/h3-5,8-10,15-16H,6-7,11-12H2,1-2H3. The fourth-order valence-corrected chi connectivity index (χ4v) is 4.71. The zero-order chi connectivity index (χ0) is 23.3. The molecule has 0 N–H and O–H groups in total. The maximum atomic E-state index is 13.4. The molecule has 3 aromatic rings. The summed E-state index contributed by atoms with van der Waals surface area (Å²) in [4.78, 5) is 30.4. The van der Waals surface area contributed by atoms with Crippen molar-refractivity contribution in [1.29, 1.82) is 0 Å². The van der Waals surface area contributed by atoms with Gasteiger partial charge in [-0.15, -0.1) is 0 Å². The van der Waals surface area contributed by atoms with E-state index >= 15 is 0 Å². The molecule has 33 heavy (non-hydrogen) atoms. The number of hydrogen-bond acceptors (Lipinski definition) is 6. The molecule has 2 bridgehead atoms. The van der Waals surface area contributed by atoms with Crippen molar-refractivity contribution >= 4 is 11.9 Å². The third kappa shape index (κ3) is 3.91. The number of fused-ring (bicyclic) bond motifs is 2. The van der Waals surface area contributed by atoms with Gasteiger partial charge in [-0.3, -0.25) is 4.79 Å². The molecule has 8 nitrogen and oxygen atoms in total. The second kappa shape index (κ2) is 7.82. The Morgan fingerprint density at radius 1 is 1.03 bits per heavy atom. The van der Waals surface area contributed by atoms with Gasteiger partial charge in [-0.25, -0.2) is 19.6 Å². The molecular weight excluding hydrogens is 435 g/mol. The van der Waals surface area contributed by atoms with Gasteiger partial charge in [0.15, 0.2) is 11.5 Å². The predicted molar refractivity (Wildman–Crippen MR) is 113 cm³/mol. The van der Waals surface area contributed by atoms with Crippen molar-refractivity contribution in [1.82, 2.24) is 29.6 Å². The molecule has 0 saturated carbocycles. The molecule has 172 valence electrons. The molecule has 2 fully saturated rings. The number of alkyl halides is 3. The molecule has 5 rings (SSSR count). The average molecular weight is 457 g/mol. The Morgan fingerprint density at radius 3 is 2.27 bits per heavy atom. The Kier molecular flexibility index (Phi) is 5.06. The van der Waals surface area contributed by atoms with Crippen LogP contribution in [0.5, 0.6) is 0 Å². The SMILES string of the molecule is Cc1cc(C)nc(N2C3CCC2CN(C(=O)c2cc(C(F)(F)F)nn2-c2ccccn2)C3)n1. The quantitative estimate of drug-likeness (QED) is 0.601. The second-order valence-electron chi connectivity index (χ2n) is 8.47. The van der Waals surface area contributed by atoms with Gasteiger partial charge in [0.25, 0.3) is 5.91 Å². The summed E-state index contributed by atoms with van der Waals surface area (Å²) in [6.45, 7) is 4.58. The average Bonchev–Trinajstić information content (AvgIpc) is 3.32. The topological polar surface area (TPSA) is 80.0 Å². The van der Waals surface area contributed by atoms with Crippen molar-refractivity contribution in [3.05, 3.63) is 59.3 Å². The van der Waals surface area contributed by atoms with Gasteiger partial charge in [-0.1, -0.05) is 6.07 Å². The monoisotopic (exact) mass is 457 g/mol. The van der Waals surface area contributed by atoms with Crippen molar-refractivity contribution in [2.75, 3.05) is 18.0 Å². The summed E-state index contributed by atoms with van der Waals surface area (Å²) in [6.07, 6.45) is -1.51. The molecule has 3 aromatic heterocycles. The Bertz CT molecular complexity index is 1160. The van der Waals surface area contributed by atoms with E-state index < -0.39 is 17.8 Å². The van der Waals surface area contributed by atoms with E-state index in [9.17, 15) is 18.0 Å². The van der Waals surface area contributed by atoms with Crippen molar-refractivity contribution < 1.29 is 18.0 Å². The Labute approximate surface area is 188 Å². The second-order valence-corrected chi connectivity index (χ2v) is 8.47. The summed E-state index contributed by atoms with van der Waals surface area (Å²) in [5.41, 5.74) is 0.460. The summed E-state index contributed by atoms with van der Waals surface area (Å²) in [7, 11) is 0. The molecule has 0 radical (unpaired) electrons. The molecule has 2 saturated heterocycles. The van der Waals surface area contributed by atoms with Crippen LogP contribution in [0.3, 0.4) is 0 Å². The van der Waals surface area contributed by atoms with E-state index in [4.69, 9.17) is 0 Å². The number of halogens is 3. The van der Waals surface area contributed by atoms with Crippen LogP contribution in [-0.2, 0) is 6.18 Å². The van der Waals surface area contributed by atoms with E-state index in [-0.39, 0.29) is 23.6 Å². The van der Waals surface area contributed by atoms with Crippen molar-refractivity contribution in [2.45, 2.75) is 44.9 Å². The van der Waals surface area contributed by atoms with E-state index in [1.165, 1.54) is 12.3 Å². The highest BCUT2D eigenvalue weighted by Gasteiger charge is 2.44. The van der Waals surface area contributed by atoms with Gasteiger partial charge < -0.3 is 9.80 Å². The smallest absolute Gasteiger partial charge is 0.333 e. The highest BCUT2D eigenvalue weighted by Crippen LogP contribution is 2.35. The minimum atomic E-state index is -4.67. The molecule has 2 aliphatic rings. The minimum Gasteiger partial charge on any atom is -0.333 e. The van der Waals surface area contributed by atoms with Crippen molar-refractivity contribution in [3.8, 4) is 5.82 Å². The van der Waals surface area contributed by atoms with Crippen LogP contribution in [0.1, 0.15) is 40.4 Å². The Balaban J connectivity index is 1.45. The number of amides is 1. The number of pyridine rings is 1. The Morgan fingerprint density at radius 2 is 1.70 bits per heavy atom. The molecule has 2 unspecified atom stereocenters. The maximum Gasteiger partial charge on any atom is 0.435 e. The van der Waals surface area contributed by atoms with Crippen LogP contribution in [0.4, 0.5) is 19.1 Å². The lowest BCUT2D eigenvalue weighted by molar-refractivity contribution is -0.141. The summed E-state index contributed by atoms with van der Waals surface area (Å²) in [5.74, 6) is 0.299. The summed E-state index contributed by atoms with van der Waals surface area (Å²) in [5, 5.41) is 3.65. The number of nitrogens with zero attached hydrogens (tertiary/aromatic N) is 7. The number of rotatable bonds is 3. The lowest BCUT2D eigenvalue weighted by Gasteiger charge is -2.41. The number of aromatic nitrogens is 5. The van der Waals surface area contributed by atoms with Crippen LogP contribution in [-0.4, -0.2) is 60.7 Å². The van der Waals surface area contributed by atoms with Gasteiger partial charge in [-0.05, 0) is 44.9 Å². The first-order chi connectivity index (χ1) is 15.7. The number of hydrogen-bond donors (Lipinski definition) is 0. The molecule has 0 aromatic carbocycles. The van der Waals surface area contributed by atoms with Gasteiger partial charge >= 0.3 is 6.18 Å². The van der Waals surface area contributed by atoms with Gasteiger partial charge in [-0.2, -0.15) is 18.3 Å². The number of likely N-dealkylation sites (tertiary alicyclic amines) is 1. The van der Waals surface area contributed by atoms with Crippen LogP contribution in [0, 0.1) is 13.8 Å². The first kappa shape index (κ1) is 21.4. The summed E-state index contributed by atoms with van der Waals surface area (Å²) < 4.78 is 41.2. The third-order valence-corrected chi connectivity index (χ3v) is 6.06.